The minimum absolute atomic E-state index is 0.0111. The Balaban J connectivity index is 2.16. The van der Waals surface area contributed by atoms with Gasteiger partial charge < -0.3 is 15.3 Å². The smallest absolute Gasteiger partial charge is 0.218 e. The molecular weight excluding hydrogens is 302 g/mol. The lowest BCUT2D eigenvalue weighted by atomic mass is 9.80. The maximum Gasteiger partial charge on any atom is 0.218 e. The number of pyridine rings is 1. The topological polar surface area (TPSA) is 73.6 Å². The molecule has 0 aliphatic heterocycles. The number of hydrogen-bond donors (Lipinski definition) is 3. The van der Waals surface area contributed by atoms with Crippen molar-refractivity contribution in [1.29, 1.82) is 0 Å². The van der Waals surface area contributed by atoms with Gasteiger partial charge in [0.2, 0.25) is 5.88 Å². The summed E-state index contributed by atoms with van der Waals surface area (Å²) in [5.41, 5.74) is 1.08. The van der Waals surface area contributed by atoms with E-state index in [9.17, 15) is 15.3 Å². The van der Waals surface area contributed by atoms with E-state index in [-0.39, 0.29) is 29.1 Å². The van der Waals surface area contributed by atoms with Crippen molar-refractivity contribution in [2.24, 2.45) is 0 Å². The number of aliphatic hydroxyl groups excluding tert-OH is 1. The SMILES string of the molecule is CCCCCCC(C)(C)c1cc(O)c(C2CCCC(O)C2)c(O)n1. The monoisotopic (exact) mass is 335 g/mol. The first kappa shape index (κ1) is 19.0. The number of aromatic hydroxyl groups is 2. The summed E-state index contributed by atoms with van der Waals surface area (Å²) in [5, 5.41) is 30.8. The first-order valence-electron chi connectivity index (χ1n) is 9.46. The van der Waals surface area contributed by atoms with E-state index in [0.29, 0.717) is 12.0 Å². The van der Waals surface area contributed by atoms with Crippen LogP contribution in [0.3, 0.4) is 0 Å². The zero-order valence-electron chi connectivity index (χ0n) is 15.4. The van der Waals surface area contributed by atoms with Gasteiger partial charge in [-0.2, -0.15) is 0 Å². The van der Waals surface area contributed by atoms with E-state index < -0.39 is 0 Å². The van der Waals surface area contributed by atoms with Gasteiger partial charge in [0.1, 0.15) is 5.75 Å². The van der Waals surface area contributed by atoms with Gasteiger partial charge in [-0.15, -0.1) is 0 Å². The molecule has 1 aliphatic rings. The van der Waals surface area contributed by atoms with Gasteiger partial charge in [-0.05, 0) is 31.6 Å². The van der Waals surface area contributed by atoms with Crippen molar-refractivity contribution in [3.8, 4) is 11.6 Å². The summed E-state index contributed by atoms with van der Waals surface area (Å²) in [7, 11) is 0. The van der Waals surface area contributed by atoms with Crippen LogP contribution in [-0.2, 0) is 5.41 Å². The lowest BCUT2D eigenvalue weighted by Gasteiger charge is -2.29. The molecule has 1 saturated carbocycles. The first-order valence-corrected chi connectivity index (χ1v) is 9.46. The molecule has 0 amide bonds. The molecule has 2 rings (SSSR count). The summed E-state index contributed by atoms with van der Waals surface area (Å²) in [5.74, 6) is 0.0481. The van der Waals surface area contributed by atoms with Gasteiger partial charge >= 0.3 is 0 Å². The minimum Gasteiger partial charge on any atom is -0.507 e. The van der Waals surface area contributed by atoms with Crippen LogP contribution in [0.1, 0.15) is 95.7 Å². The van der Waals surface area contributed by atoms with Crippen LogP contribution in [0, 0.1) is 0 Å². The van der Waals surface area contributed by atoms with Crippen molar-refractivity contribution < 1.29 is 15.3 Å². The maximum absolute atomic E-state index is 10.5. The average Bonchev–Trinajstić information content (AvgIpc) is 2.51. The van der Waals surface area contributed by atoms with Crippen molar-refractivity contribution in [2.45, 2.75) is 96.0 Å². The molecule has 1 aromatic heterocycles. The number of rotatable bonds is 7. The minimum atomic E-state index is -0.350. The molecule has 0 radical (unpaired) electrons. The van der Waals surface area contributed by atoms with Gasteiger partial charge in [0.15, 0.2) is 0 Å². The number of nitrogens with zero attached hydrogens (tertiary/aromatic N) is 1. The average molecular weight is 335 g/mol. The molecule has 0 bridgehead atoms. The molecule has 1 fully saturated rings. The fourth-order valence-corrected chi connectivity index (χ4v) is 3.81. The Morgan fingerprint density at radius 2 is 1.92 bits per heavy atom. The highest BCUT2D eigenvalue weighted by atomic mass is 16.3. The summed E-state index contributed by atoms with van der Waals surface area (Å²) in [6.07, 6.45) is 8.59. The van der Waals surface area contributed by atoms with E-state index in [1.807, 2.05) is 0 Å². The van der Waals surface area contributed by atoms with E-state index in [2.05, 4.69) is 25.8 Å². The molecule has 1 aromatic rings. The largest absolute Gasteiger partial charge is 0.507 e. The molecule has 0 spiro atoms. The molecular formula is C20H33NO3. The van der Waals surface area contributed by atoms with Crippen LogP contribution in [0.2, 0.25) is 0 Å². The Bertz CT molecular complexity index is 519. The zero-order valence-corrected chi connectivity index (χ0v) is 15.4. The molecule has 3 N–H and O–H groups in total. The number of hydrogen-bond acceptors (Lipinski definition) is 4. The van der Waals surface area contributed by atoms with Crippen LogP contribution in [0.5, 0.6) is 11.6 Å². The van der Waals surface area contributed by atoms with Crippen LogP contribution in [-0.4, -0.2) is 26.4 Å². The van der Waals surface area contributed by atoms with Crippen LogP contribution < -0.4 is 0 Å². The van der Waals surface area contributed by atoms with Gasteiger partial charge in [0.25, 0.3) is 0 Å². The quantitative estimate of drug-likeness (QED) is 0.628. The lowest BCUT2D eigenvalue weighted by molar-refractivity contribution is 0.118. The first-order chi connectivity index (χ1) is 11.3. The van der Waals surface area contributed by atoms with Gasteiger partial charge in [-0.25, -0.2) is 4.98 Å². The van der Waals surface area contributed by atoms with E-state index >= 15 is 0 Å². The van der Waals surface area contributed by atoms with Crippen molar-refractivity contribution in [3.05, 3.63) is 17.3 Å². The standard InChI is InChI=1S/C20H33NO3/c1-4-5-6-7-11-20(2,3)17-13-16(23)18(19(24)21-17)14-9-8-10-15(22)12-14/h13-15,22H,4-12H2,1-3H3,(H2,21,23,24). The maximum atomic E-state index is 10.5. The summed E-state index contributed by atoms with van der Waals surface area (Å²) in [6.45, 7) is 6.43. The Morgan fingerprint density at radius 1 is 1.17 bits per heavy atom. The van der Waals surface area contributed by atoms with E-state index in [1.165, 1.54) is 19.3 Å². The van der Waals surface area contributed by atoms with E-state index in [1.54, 1.807) is 6.07 Å². The Kier molecular flexibility index (Phi) is 6.50. The molecule has 4 heteroatoms. The third kappa shape index (κ3) is 4.62. The third-order valence-electron chi connectivity index (χ3n) is 5.42. The Hall–Kier alpha value is -1.29. The van der Waals surface area contributed by atoms with Crippen molar-refractivity contribution in [2.75, 3.05) is 0 Å². The zero-order chi connectivity index (χ0) is 17.7. The molecule has 136 valence electrons. The highest BCUT2D eigenvalue weighted by Gasteiger charge is 2.30. The summed E-state index contributed by atoms with van der Waals surface area (Å²) >= 11 is 0. The Morgan fingerprint density at radius 3 is 2.54 bits per heavy atom. The van der Waals surface area contributed by atoms with Crippen molar-refractivity contribution >= 4 is 0 Å². The summed E-state index contributed by atoms with van der Waals surface area (Å²) in [6, 6.07) is 1.72. The number of aromatic nitrogens is 1. The third-order valence-corrected chi connectivity index (χ3v) is 5.42. The normalized spacial score (nSPS) is 21.8. The highest BCUT2D eigenvalue weighted by molar-refractivity contribution is 5.44. The van der Waals surface area contributed by atoms with E-state index in [0.717, 1.165) is 37.8 Å². The molecule has 1 aliphatic carbocycles. The van der Waals surface area contributed by atoms with Crippen LogP contribution in [0.4, 0.5) is 0 Å². The highest BCUT2D eigenvalue weighted by Crippen LogP contribution is 2.43. The van der Waals surface area contributed by atoms with E-state index in [4.69, 9.17) is 0 Å². The second-order valence-corrected chi connectivity index (χ2v) is 7.98. The van der Waals surface area contributed by atoms with Gasteiger partial charge in [-0.1, -0.05) is 52.9 Å². The predicted molar refractivity (Wildman–Crippen MR) is 96.6 cm³/mol. The van der Waals surface area contributed by atoms with Crippen molar-refractivity contribution in [3.63, 3.8) is 0 Å². The molecule has 24 heavy (non-hydrogen) atoms. The van der Waals surface area contributed by atoms with Crippen LogP contribution in [0.15, 0.2) is 6.07 Å². The van der Waals surface area contributed by atoms with Crippen LogP contribution >= 0.6 is 0 Å². The molecule has 1 heterocycles. The number of aliphatic hydroxyl groups is 1. The van der Waals surface area contributed by atoms with Crippen molar-refractivity contribution in [1.82, 2.24) is 4.98 Å². The second-order valence-electron chi connectivity index (χ2n) is 7.98. The number of unbranched alkanes of at least 4 members (excludes halogenated alkanes) is 3. The molecule has 4 nitrogen and oxygen atoms in total. The van der Waals surface area contributed by atoms with Gasteiger partial charge in [0.05, 0.1) is 17.4 Å². The summed E-state index contributed by atoms with van der Waals surface area (Å²) in [4.78, 5) is 4.42. The van der Waals surface area contributed by atoms with Gasteiger partial charge in [-0.3, -0.25) is 0 Å². The molecule has 2 unspecified atom stereocenters. The molecule has 0 aromatic carbocycles. The predicted octanol–water partition coefficient (Wildman–Crippen LogP) is 4.76. The molecule has 0 saturated heterocycles. The molecule has 2 atom stereocenters. The Labute approximate surface area is 146 Å². The fourth-order valence-electron chi connectivity index (χ4n) is 3.81. The fraction of sp³-hybridized carbons (Fsp3) is 0.750. The summed E-state index contributed by atoms with van der Waals surface area (Å²) < 4.78 is 0. The van der Waals surface area contributed by atoms with Gasteiger partial charge in [0, 0.05) is 11.5 Å². The second kappa shape index (κ2) is 8.19. The lowest BCUT2D eigenvalue weighted by Crippen LogP contribution is -2.21. The van der Waals surface area contributed by atoms with Crippen LogP contribution in [0.25, 0.3) is 0 Å².